The predicted octanol–water partition coefficient (Wildman–Crippen LogP) is 1.13. The van der Waals surface area contributed by atoms with E-state index in [0.29, 0.717) is 19.4 Å². The Bertz CT molecular complexity index is 573. The molecule has 1 fully saturated rings. The van der Waals surface area contributed by atoms with Crippen molar-refractivity contribution in [2.24, 2.45) is 0 Å². The molecule has 1 saturated heterocycles. The summed E-state index contributed by atoms with van der Waals surface area (Å²) in [5.41, 5.74) is 0.270. The maximum absolute atomic E-state index is 11.9. The summed E-state index contributed by atoms with van der Waals surface area (Å²) in [5.74, 6) is -1.04. The number of hydrogen-bond donors (Lipinski definition) is 3. The summed E-state index contributed by atoms with van der Waals surface area (Å²) >= 11 is 0. The smallest absolute Gasteiger partial charge is 0.337 e. The fourth-order valence-electron chi connectivity index (χ4n) is 2.25. The lowest BCUT2D eigenvalue weighted by Gasteiger charge is -2.30. The van der Waals surface area contributed by atoms with E-state index < -0.39 is 12.0 Å². The molecule has 1 heterocycles. The number of carbonyl (C=O) groups is 3. The molecule has 1 aromatic rings. The van der Waals surface area contributed by atoms with Gasteiger partial charge in [0.25, 0.3) is 0 Å². The summed E-state index contributed by atoms with van der Waals surface area (Å²) in [7, 11) is 1.69. The van der Waals surface area contributed by atoms with E-state index in [1.165, 1.54) is 12.1 Å². The van der Waals surface area contributed by atoms with Gasteiger partial charge in [-0.2, -0.15) is 0 Å². The molecule has 2 rings (SSSR count). The highest BCUT2D eigenvalue weighted by Crippen LogP contribution is 2.15. The third kappa shape index (κ3) is 3.71. The van der Waals surface area contributed by atoms with Gasteiger partial charge in [0.1, 0.15) is 0 Å². The van der Waals surface area contributed by atoms with Crippen LogP contribution in [0, 0.1) is 0 Å². The molecule has 1 aliphatic heterocycles. The molecule has 0 spiro atoms. The molecule has 0 radical (unpaired) electrons. The molecule has 7 nitrogen and oxygen atoms in total. The quantitative estimate of drug-likeness (QED) is 0.777. The van der Waals surface area contributed by atoms with Crippen LogP contribution in [0.1, 0.15) is 23.2 Å². The summed E-state index contributed by atoms with van der Waals surface area (Å²) in [5, 5.41) is 14.3. The Morgan fingerprint density at radius 2 is 2.05 bits per heavy atom. The van der Waals surface area contributed by atoms with E-state index in [-0.39, 0.29) is 23.2 Å². The van der Waals surface area contributed by atoms with Gasteiger partial charge in [-0.15, -0.1) is 0 Å². The Morgan fingerprint density at radius 3 is 2.71 bits per heavy atom. The van der Waals surface area contributed by atoms with Gasteiger partial charge in [0.15, 0.2) is 0 Å². The number of hydrogen-bond acceptors (Lipinski definition) is 3. The number of para-hydroxylation sites is 1. The summed E-state index contributed by atoms with van der Waals surface area (Å²) in [6.45, 7) is 0.451. The summed E-state index contributed by atoms with van der Waals surface area (Å²) in [6, 6.07) is 5.58. The molecule has 0 aliphatic carbocycles. The van der Waals surface area contributed by atoms with Crippen LogP contribution in [0.15, 0.2) is 24.3 Å². The first-order valence-electron chi connectivity index (χ1n) is 6.61. The number of urea groups is 1. The molecule has 1 aromatic carbocycles. The Labute approximate surface area is 121 Å². The van der Waals surface area contributed by atoms with Gasteiger partial charge in [0.05, 0.1) is 11.3 Å². The van der Waals surface area contributed by atoms with Gasteiger partial charge in [-0.1, -0.05) is 12.1 Å². The minimum absolute atomic E-state index is 0.0311. The zero-order chi connectivity index (χ0) is 15.4. The number of likely N-dealkylation sites (tertiary alicyclic amines) is 1. The van der Waals surface area contributed by atoms with E-state index in [4.69, 9.17) is 5.11 Å². The van der Waals surface area contributed by atoms with Crippen LogP contribution in [0.3, 0.4) is 0 Å². The molecule has 112 valence electrons. The molecule has 0 bridgehead atoms. The SMILES string of the molecule is CN1CC(NC(=O)Nc2ccccc2C(=O)O)CCC1=O. The molecule has 1 unspecified atom stereocenters. The van der Waals surface area contributed by atoms with Crippen LogP contribution in [0.5, 0.6) is 0 Å². The van der Waals surface area contributed by atoms with Gasteiger partial charge in [-0.05, 0) is 18.6 Å². The highest BCUT2D eigenvalue weighted by Gasteiger charge is 2.24. The van der Waals surface area contributed by atoms with Crippen molar-refractivity contribution in [1.29, 1.82) is 0 Å². The average molecular weight is 291 g/mol. The van der Waals surface area contributed by atoms with Gasteiger partial charge < -0.3 is 20.6 Å². The first-order chi connectivity index (χ1) is 9.97. The number of piperidine rings is 1. The molecule has 21 heavy (non-hydrogen) atoms. The Morgan fingerprint density at radius 1 is 1.33 bits per heavy atom. The number of carboxylic acid groups (broad SMARTS) is 1. The molecule has 3 amide bonds. The van der Waals surface area contributed by atoms with Gasteiger partial charge in [0.2, 0.25) is 5.91 Å². The van der Waals surface area contributed by atoms with Crippen molar-refractivity contribution in [3.05, 3.63) is 29.8 Å². The lowest BCUT2D eigenvalue weighted by atomic mass is 10.1. The standard InChI is InChI=1S/C14H17N3O4/c1-17-8-9(6-7-12(17)18)15-14(21)16-11-5-3-2-4-10(11)13(19)20/h2-5,9H,6-8H2,1H3,(H,19,20)(H2,15,16,21). The topological polar surface area (TPSA) is 98.7 Å². The summed E-state index contributed by atoms with van der Waals surface area (Å²) in [4.78, 5) is 35.9. The second-order valence-corrected chi connectivity index (χ2v) is 4.96. The number of carbonyl (C=O) groups excluding carboxylic acids is 2. The van der Waals surface area contributed by atoms with Crippen LogP contribution in [0.2, 0.25) is 0 Å². The van der Waals surface area contributed by atoms with Crippen LogP contribution >= 0.6 is 0 Å². The zero-order valence-electron chi connectivity index (χ0n) is 11.6. The van der Waals surface area contributed by atoms with Crippen molar-refractivity contribution in [1.82, 2.24) is 10.2 Å². The number of rotatable bonds is 3. The normalized spacial score (nSPS) is 18.2. The molecular formula is C14H17N3O4. The molecule has 3 N–H and O–H groups in total. The minimum Gasteiger partial charge on any atom is -0.478 e. The molecule has 1 aliphatic rings. The average Bonchev–Trinajstić information content (AvgIpc) is 2.43. The predicted molar refractivity (Wildman–Crippen MR) is 76.2 cm³/mol. The van der Waals surface area contributed by atoms with Crippen molar-refractivity contribution >= 4 is 23.6 Å². The van der Waals surface area contributed by atoms with Crippen molar-refractivity contribution in [3.63, 3.8) is 0 Å². The molecule has 7 heteroatoms. The maximum Gasteiger partial charge on any atom is 0.337 e. The summed E-state index contributed by atoms with van der Waals surface area (Å²) < 4.78 is 0. The number of nitrogens with zero attached hydrogens (tertiary/aromatic N) is 1. The number of benzene rings is 1. The van der Waals surface area contributed by atoms with Crippen molar-refractivity contribution in [3.8, 4) is 0 Å². The molecule has 0 aromatic heterocycles. The van der Waals surface area contributed by atoms with Crippen molar-refractivity contribution in [2.75, 3.05) is 18.9 Å². The largest absolute Gasteiger partial charge is 0.478 e. The number of aromatic carboxylic acids is 1. The van der Waals surface area contributed by atoms with Crippen molar-refractivity contribution in [2.45, 2.75) is 18.9 Å². The number of nitrogens with one attached hydrogen (secondary N) is 2. The van der Waals surface area contributed by atoms with Crippen LogP contribution in [-0.4, -0.2) is 47.5 Å². The second kappa shape index (κ2) is 6.25. The van der Waals surface area contributed by atoms with Crippen molar-refractivity contribution < 1.29 is 19.5 Å². The number of anilines is 1. The van der Waals surface area contributed by atoms with E-state index in [0.717, 1.165) is 0 Å². The van der Waals surface area contributed by atoms with Crippen LogP contribution in [0.25, 0.3) is 0 Å². The van der Waals surface area contributed by atoms with Crippen LogP contribution in [0.4, 0.5) is 10.5 Å². The molecular weight excluding hydrogens is 274 g/mol. The minimum atomic E-state index is -1.10. The molecule has 1 atom stereocenters. The monoisotopic (exact) mass is 291 g/mol. The van der Waals surface area contributed by atoms with E-state index in [1.54, 1.807) is 24.1 Å². The summed E-state index contributed by atoms with van der Waals surface area (Å²) in [6.07, 6.45) is 0.977. The fraction of sp³-hybridized carbons (Fsp3) is 0.357. The number of likely N-dealkylation sites (N-methyl/N-ethyl adjacent to an activating group) is 1. The molecule has 0 saturated carbocycles. The third-order valence-electron chi connectivity index (χ3n) is 3.37. The highest BCUT2D eigenvalue weighted by atomic mass is 16.4. The first kappa shape index (κ1) is 14.8. The zero-order valence-corrected chi connectivity index (χ0v) is 11.6. The highest BCUT2D eigenvalue weighted by molar-refractivity contribution is 6.00. The lowest BCUT2D eigenvalue weighted by molar-refractivity contribution is -0.132. The van der Waals surface area contributed by atoms with Gasteiger partial charge in [0, 0.05) is 26.1 Å². The van der Waals surface area contributed by atoms with E-state index in [9.17, 15) is 14.4 Å². The lowest BCUT2D eigenvalue weighted by Crippen LogP contribution is -2.49. The first-order valence-corrected chi connectivity index (χ1v) is 6.61. The van der Waals surface area contributed by atoms with Gasteiger partial charge >= 0.3 is 12.0 Å². The Kier molecular flexibility index (Phi) is 4.42. The van der Waals surface area contributed by atoms with Crippen LogP contribution in [-0.2, 0) is 4.79 Å². The van der Waals surface area contributed by atoms with Gasteiger partial charge in [-0.3, -0.25) is 4.79 Å². The van der Waals surface area contributed by atoms with Crippen LogP contribution < -0.4 is 10.6 Å². The number of amides is 3. The van der Waals surface area contributed by atoms with E-state index in [1.807, 2.05) is 0 Å². The Balaban J connectivity index is 1.96. The number of carboxylic acids is 1. The second-order valence-electron chi connectivity index (χ2n) is 4.96. The third-order valence-corrected chi connectivity index (χ3v) is 3.37. The van der Waals surface area contributed by atoms with E-state index in [2.05, 4.69) is 10.6 Å². The van der Waals surface area contributed by atoms with Gasteiger partial charge in [-0.25, -0.2) is 9.59 Å². The van der Waals surface area contributed by atoms with E-state index >= 15 is 0 Å². The maximum atomic E-state index is 11.9. The Hall–Kier alpha value is -2.57. The fourth-order valence-corrected chi connectivity index (χ4v) is 2.25.